The normalized spacial score (nSPS) is 11.4. The lowest BCUT2D eigenvalue weighted by atomic mass is 10.0. The van der Waals surface area contributed by atoms with E-state index in [1.165, 1.54) is 12.1 Å². The predicted molar refractivity (Wildman–Crippen MR) is 81.0 cm³/mol. The largest absolute Gasteiger partial charge is 0.465 e. The van der Waals surface area contributed by atoms with Gasteiger partial charge in [0.1, 0.15) is 0 Å². The van der Waals surface area contributed by atoms with Gasteiger partial charge in [0.25, 0.3) is 0 Å². The van der Waals surface area contributed by atoms with Crippen LogP contribution < -0.4 is 0 Å². The van der Waals surface area contributed by atoms with Gasteiger partial charge in [-0.15, -0.1) is 0 Å². The van der Waals surface area contributed by atoms with Gasteiger partial charge in [0.2, 0.25) is 0 Å². The fourth-order valence-electron chi connectivity index (χ4n) is 1.81. The van der Waals surface area contributed by atoms with Gasteiger partial charge in [-0.25, -0.2) is 4.79 Å². The lowest BCUT2D eigenvalue weighted by Crippen LogP contribution is -2.11. The number of alkyl halides is 3. The van der Waals surface area contributed by atoms with E-state index in [9.17, 15) is 18.0 Å². The first kappa shape index (κ1) is 17.8. The van der Waals surface area contributed by atoms with E-state index in [1.807, 2.05) is 0 Å². The van der Waals surface area contributed by atoms with Crippen LogP contribution in [-0.2, 0) is 10.9 Å². The van der Waals surface area contributed by atoms with Crippen molar-refractivity contribution < 1.29 is 22.7 Å². The van der Waals surface area contributed by atoms with Crippen molar-refractivity contribution in [2.45, 2.75) is 6.18 Å². The van der Waals surface area contributed by atoms with Gasteiger partial charge >= 0.3 is 12.1 Å². The molecule has 0 aliphatic rings. The van der Waals surface area contributed by atoms with E-state index in [4.69, 9.17) is 34.8 Å². The predicted octanol–water partition coefficient (Wildman–Crippen LogP) is 5.51. The maximum Gasteiger partial charge on any atom is 0.417 e. The fourth-order valence-corrected chi connectivity index (χ4v) is 2.40. The van der Waals surface area contributed by atoms with Crippen molar-refractivity contribution in [3.8, 4) is 11.3 Å². The van der Waals surface area contributed by atoms with Gasteiger partial charge in [0.15, 0.2) is 0 Å². The summed E-state index contributed by atoms with van der Waals surface area (Å²) in [5.74, 6) is -0.971. The monoisotopic (exact) mass is 383 g/mol. The molecule has 0 bridgehead atoms. The summed E-state index contributed by atoms with van der Waals surface area (Å²) >= 11 is 17.6. The van der Waals surface area contributed by atoms with Crippen LogP contribution >= 0.6 is 34.8 Å². The van der Waals surface area contributed by atoms with Crippen LogP contribution in [0.1, 0.15) is 15.9 Å². The molecule has 0 atom stereocenters. The molecule has 0 radical (unpaired) electrons. The van der Waals surface area contributed by atoms with Crippen LogP contribution in [-0.4, -0.2) is 18.1 Å². The molecule has 0 saturated heterocycles. The van der Waals surface area contributed by atoms with Crippen LogP contribution in [0.3, 0.4) is 0 Å². The van der Waals surface area contributed by atoms with E-state index in [-0.39, 0.29) is 31.9 Å². The number of hydrogen-bond acceptors (Lipinski definition) is 3. The molecule has 2 aromatic rings. The number of aromatic nitrogens is 1. The summed E-state index contributed by atoms with van der Waals surface area (Å²) in [6, 6.07) is 3.35. The maximum absolute atomic E-state index is 12.8. The fraction of sp³-hybridized carbons (Fsp3) is 0.143. The van der Waals surface area contributed by atoms with Crippen LogP contribution in [0.25, 0.3) is 11.3 Å². The van der Waals surface area contributed by atoms with Gasteiger partial charge in [-0.1, -0.05) is 34.8 Å². The number of carbonyl (C=O) groups excluding carboxylic acids is 1. The Kier molecular flexibility index (Phi) is 5.08. The lowest BCUT2D eigenvalue weighted by Gasteiger charge is -2.12. The third-order valence-corrected chi connectivity index (χ3v) is 4.07. The Bertz CT molecular complexity index is 755. The third-order valence-electron chi connectivity index (χ3n) is 2.88. The summed E-state index contributed by atoms with van der Waals surface area (Å²) in [5.41, 5.74) is -1.26. The molecule has 0 amide bonds. The van der Waals surface area contributed by atoms with Gasteiger partial charge in [-0.05, 0) is 18.2 Å². The van der Waals surface area contributed by atoms with E-state index < -0.39 is 17.7 Å². The highest BCUT2D eigenvalue weighted by Gasteiger charge is 2.33. The smallest absolute Gasteiger partial charge is 0.417 e. The molecule has 1 aromatic heterocycles. The van der Waals surface area contributed by atoms with E-state index in [0.29, 0.717) is 12.3 Å². The molecule has 0 aliphatic carbocycles. The highest BCUT2D eigenvalue weighted by molar-refractivity contribution is 6.48. The molecule has 0 N–H and O–H groups in total. The van der Waals surface area contributed by atoms with Crippen molar-refractivity contribution in [1.82, 2.24) is 4.98 Å². The Morgan fingerprint density at radius 3 is 2.17 bits per heavy atom. The average Bonchev–Trinajstić information content (AvgIpc) is 2.49. The summed E-state index contributed by atoms with van der Waals surface area (Å²) in [6.45, 7) is 0. The van der Waals surface area contributed by atoms with Crippen LogP contribution in [0.4, 0.5) is 13.2 Å². The molecule has 1 heterocycles. The minimum atomic E-state index is -4.65. The van der Waals surface area contributed by atoms with E-state index in [2.05, 4.69) is 9.72 Å². The summed E-state index contributed by atoms with van der Waals surface area (Å²) in [5, 5.41) is 0.238. The zero-order valence-corrected chi connectivity index (χ0v) is 13.6. The van der Waals surface area contributed by atoms with Crippen molar-refractivity contribution in [1.29, 1.82) is 0 Å². The highest BCUT2D eigenvalue weighted by Crippen LogP contribution is 2.37. The molecular weight excluding hydrogens is 378 g/mol. The number of halogens is 6. The molecule has 0 aliphatic heterocycles. The zero-order chi connectivity index (χ0) is 17.4. The van der Waals surface area contributed by atoms with Crippen molar-refractivity contribution in [2.75, 3.05) is 7.11 Å². The van der Waals surface area contributed by atoms with Crippen LogP contribution in [0, 0.1) is 0 Å². The van der Waals surface area contributed by atoms with E-state index in [1.54, 1.807) is 0 Å². The van der Waals surface area contributed by atoms with Crippen molar-refractivity contribution in [3.05, 3.63) is 50.6 Å². The lowest BCUT2D eigenvalue weighted by molar-refractivity contribution is -0.137. The van der Waals surface area contributed by atoms with E-state index in [0.717, 1.165) is 7.11 Å². The van der Waals surface area contributed by atoms with Crippen LogP contribution in [0.15, 0.2) is 24.4 Å². The quantitative estimate of drug-likeness (QED) is 0.506. The SMILES string of the molecule is COC(=O)c1cc(C(F)(F)F)cnc1-c1cc(Cl)c(Cl)c(Cl)c1. The van der Waals surface area contributed by atoms with E-state index >= 15 is 0 Å². The number of hydrogen-bond donors (Lipinski definition) is 0. The molecule has 3 nitrogen and oxygen atoms in total. The van der Waals surface area contributed by atoms with Gasteiger partial charge in [-0.2, -0.15) is 13.2 Å². The van der Waals surface area contributed by atoms with Gasteiger partial charge in [0.05, 0.1) is 39.0 Å². The van der Waals surface area contributed by atoms with Gasteiger partial charge in [-0.3, -0.25) is 4.98 Å². The topological polar surface area (TPSA) is 39.2 Å². The number of pyridine rings is 1. The number of esters is 1. The first-order valence-corrected chi connectivity index (χ1v) is 7.09. The Morgan fingerprint density at radius 1 is 1.13 bits per heavy atom. The Hall–Kier alpha value is -1.50. The Morgan fingerprint density at radius 2 is 1.70 bits per heavy atom. The number of rotatable bonds is 2. The summed E-state index contributed by atoms with van der Waals surface area (Å²) in [4.78, 5) is 15.5. The number of benzene rings is 1. The molecule has 0 unspecified atom stereocenters. The maximum atomic E-state index is 12.8. The Balaban J connectivity index is 2.69. The van der Waals surface area contributed by atoms with Crippen molar-refractivity contribution >= 4 is 40.8 Å². The summed E-state index contributed by atoms with van der Waals surface area (Å²) < 4.78 is 42.9. The molecule has 0 fully saturated rings. The van der Waals surface area contributed by atoms with Gasteiger partial charge < -0.3 is 4.74 Å². The molecular formula is C14H7Cl3F3NO2. The first-order chi connectivity index (χ1) is 10.6. The number of ether oxygens (including phenoxy) is 1. The second kappa shape index (κ2) is 6.55. The Labute approximate surface area is 143 Å². The standard InChI is InChI=1S/C14H7Cl3F3NO2/c1-23-13(22)8-4-7(14(18,19)20)5-21-12(8)6-2-9(15)11(17)10(16)3-6/h2-5H,1H3. The molecule has 9 heteroatoms. The van der Waals surface area contributed by atoms with Crippen molar-refractivity contribution in [3.63, 3.8) is 0 Å². The highest BCUT2D eigenvalue weighted by atomic mass is 35.5. The minimum absolute atomic E-state index is 0.0506. The van der Waals surface area contributed by atoms with Gasteiger partial charge in [0, 0.05) is 11.8 Å². The zero-order valence-electron chi connectivity index (χ0n) is 11.3. The number of carbonyl (C=O) groups is 1. The number of methoxy groups -OCH3 is 1. The second-order valence-corrected chi connectivity index (χ2v) is 5.56. The molecule has 0 saturated carbocycles. The molecule has 2 rings (SSSR count). The van der Waals surface area contributed by atoms with Crippen molar-refractivity contribution in [2.24, 2.45) is 0 Å². The molecule has 122 valence electrons. The second-order valence-electron chi connectivity index (χ2n) is 4.36. The molecule has 23 heavy (non-hydrogen) atoms. The first-order valence-electron chi connectivity index (χ1n) is 5.95. The molecule has 1 aromatic carbocycles. The third kappa shape index (κ3) is 3.71. The van der Waals surface area contributed by atoms with Crippen LogP contribution in [0.5, 0.6) is 0 Å². The average molecular weight is 385 g/mol. The summed E-state index contributed by atoms with van der Waals surface area (Å²) in [7, 11) is 1.05. The minimum Gasteiger partial charge on any atom is -0.465 e. The summed E-state index contributed by atoms with van der Waals surface area (Å²) in [6.07, 6.45) is -4.04. The van der Waals surface area contributed by atoms with Crippen LogP contribution in [0.2, 0.25) is 15.1 Å². The molecule has 0 spiro atoms. The number of nitrogens with zero attached hydrogens (tertiary/aromatic N) is 1.